The monoisotopic (exact) mass is 316 g/mol. The Bertz CT molecular complexity index is 711. The molecule has 3 amide bonds. The SMILES string of the molecule is CCCN1CC2=C(C1=O)[C@H](c1ccc([N+](=O)[O-])cc1)NC(=O)N2. The summed E-state index contributed by atoms with van der Waals surface area (Å²) in [6.45, 7) is 2.99. The van der Waals surface area contributed by atoms with E-state index in [1.54, 1.807) is 17.0 Å². The Morgan fingerprint density at radius 1 is 1.30 bits per heavy atom. The maximum Gasteiger partial charge on any atom is 0.319 e. The fourth-order valence-corrected chi connectivity index (χ4v) is 2.92. The number of carbonyl (C=O) groups is 2. The van der Waals surface area contributed by atoms with Gasteiger partial charge in [-0.3, -0.25) is 14.9 Å². The zero-order chi connectivity index (χ0) is 16.6. The molecule has 0 spiro atoms. The van der Waals surface area contributed by atoms with Crippen LogP contribution in [-0.4, -0.2) is 34.9 Å². The van der Waals surface area contributed by atoms with Crippen molar-refractivity contribution in [3.63, 3.8) is 0 Å². The van der Waals surface area contributed by atoms with Gasteiger partial charge in [0.15, 0.2) is 0 Å². The van der Waals surface area contributed by atoms with Crippen LogP contribution in [0.5, 0.6) is 0 Å². The van der Waals surface area contributed by atoms with E-state index in [-0.39, 0.29) is 17.6 Å². The van der Waals surface area contributed by atoms with Crippen molar-refractivity contribution in [2.75, 3.05) is 13.1 Å². The van der Waals surface area contributed by atoms with Crippen LogP contribution in [0.3, 0.4) is 0 Å². The second-order valence-electron chi connectivity index (χ2n) is 5.50. The normalized spacial score (nSPS) is 20.2. The number of hydrogen-bond donors (Lipinski definition) is 2. The number of non-ortho nitro benzene ring substituents is 1. The Labute approximate surface area is 132 Å². The Hall–Kier alpha value is -2.90. The number of amides is 3. The maximum absolute atomic E-state index is 12.6. The van der Waals surface area contributed by atoms with E-state index in [9.17, 15) is 19.7 Å². The summed E-state index contributed by atoms with van der Waals surface area (Å²) in [4.78, 5) is 36.4. The van der Waals surface area contributed by atoms with Gasteiger partial charge in [-0.2, -0.15) is 0 Å². The van der Waals surface area contributed by atoms with E-state index in [1.807, 2.05) is 6.92 Å². The van der Waals surface area contributed by atoms with E-state index >= 15 is 0 Å². The van der Waals surface area contributed by atoms with E-state index in [0.717, 1.165) is 6.42 Å². The van der Waals surface area contributed by atoms with Crippen LogP contribution in [0.4, 0.5) is 10.5 Å². The predicted molar refractivity (Wildman–Crippen MR) is 81.4 cm³/mol. The molecule has 120 valence electrons. The quantitative estimate of drug-likeness (QED) is 0.648. The first-order chi connectivity index (χ1) is 11.0. The third-order valence-electron chi connectivity index (χ3n) is 3.95. The lowest BCUT2D eigenvalue weighted by Crippen LogP contribution is -2.44. The van der Waals surface area contributed by atoms with Crippen LogP contribution in [0.2, 0.25) is 0 Å². The number of nitrogens with zero attached hydrogens (tertiary/aromatic N) is 2. The van der Waals surface area contributed by atoms with Gasteiger partial charge in [-0.15, -0.1) is 0 Å². The fourth-order valence-electron chi connectivity index (χ4n) is 2.92. The van der Waals surface area contributed by atoms with Gasteiger partial charge in [0.1, 0.15) is 0 Å². The van der Waals surface area contributed by atoms with Crippen LogP contribution in [-0.2, 0) is 4.79 Å². The molecule has 2 aliphatic rings. The van der Waals surface area contributed by atoms with Crippen LogP contribution >= 0.6 is 0 Å². The highest BCUT2D eigenvalue weighted by molar-refractivity contribution is 6.01. The van der Waals surface area contributed by atoms with Crippen molar-refractivity contribution in [3.8, 4) is 0 Å². The van der Waals surface area contributed by atoms with E-state index in [4.69, 9.17) is 0 Å². The van der Waals surface area contributed by atoms with Crippen molar-refractivity contribution < 1.29 is 14.5 Å². The summed E-state index contributed by atoms with van der Waals surface area (Å²) < 4.78 is 0. The summed E-state index contributed by atoms with van der Waals surface area (Å²) in [6, 6.07) is 4.90. The minimum absolute atomic E-state index is 0.0337. The van der Waals surface area contributed by atoms with Gasteiger partial charge < -0.3 is 15.5 Å². The maximum atomic E-state index is 12.6. The number of carbonyl (C=O) groups excluding carboxylic acids is 2. The molecule has 0 aromatic heterocycles. The average molecular weight is 316 g/mol. The van der Waals surface area contributed by atoms with E-state index < -0.39 is 11.0 Å². The molecule has 2 heterocycles. The highest BCUT2D eigenvalue weighted by Gasteiger charge is 2.39. The summed E-state index contributed by atoms with van der Waals surface area (Å²) >= 11 is 0. The molecule has 3 rings (SSSR count). The molecule has 23 heavy (non-hydrogen) atoms. The van der Waals surface area contributed by atoms with Gasteiger partial charge in [0.2, 0.25) is 0 Å². The molecule has 2 N–H and O–H groups in total. The second kappa shape index (κ2) is 5.71. The van der Waals surface area contributed by atoms with Crippen molar-refractivity contribution in [3.05, 3.63) is 51.2 Å². The van der Waals surface area contributed by atoms with Gasteiger partial charge in [-0.1, -0.05) is 6.92 Å². The molecule has 0 fully saturated rings. The summed E-state index contributed by atoms with van der Waals surface area (Å²) in [6.07, 6.45) is 0.829. The van der Waals surface area contributed by atoms with E-state index in [1.165, 1.54) is 12.1 Å². The highest BCUT2D eigenvalue weighted by Crippen LogP contribution is 2.33. The number of nitrogens with one attached hydrogen (secondary N) is 2. The van der Waals surface area contributed by atoms with Crippen LogP contribution in [0.1, 0.15) is 24.9 Å². The lowest BCUT2D eigenvalue weighted by atomic mass is 9.96. The first kappa shape index (κ1) is 15.0. The van der Waals surface area contributed by atoms with Gasteiger partial charge in [0.25, 0.3) is 11.6 Å². The minimum Gasteiger partial charge on any atom is -0.333 e. The Kier molecular flexibility index (Phi) is 3.73. The lowest BCUT2D eigenvalue weighted by Gasteiger charge is -2.25. The Morgan fingerprint density at radius 3 is 2.61 bits per heavy atom. The number of nitro benzene ring substituents is 1. The first-order valence-electron chi connectivity index (χ1n) is 7.35. The van der Waals surface area contributed by atoms with Gasteiger partial charge in [-0.05, 0) is 24.1 Å². The minimum atomic E-state index is -0.589. The molecule has 1 atom stereocenters. The molecule has 1 aromatic rings. The van der Waals surface area contributed by atoms with E-state index in [0.29, 0.717) is 29.9 Å². The van der Waals surface area contributed by atoms with Crippen molar-refractivity contribution in [1.29, 1.82) is 0 Å². The largest absolute Gasteiger partial charge is 0.333 e. The highest BCUT2D eigenvalue weighted by atomic mass is 16.6. The second-order valence-corrected chi connectivity index (χ2v) is 5.50. The molecule has 2 aliphatic heterocycles. The number of rotatable bonds is 4. The average Bonchev–Trinajstić information content (AvgIpc) is 2.83. The number of hydrogen-bond acceptors (Lipinski definition) is 4. The van der Waals surface area contributed by atoms with Crippen LogP contribution < -0.4 is 10.6 Å². The molecule has 0 unspecified atom stereocenters. The number of urea groups is 1. The van der Waals surface area contributed by atoms with Crippen LogP contribution in [0.15, 0.2) is 35.5 Å². The third kappa shape index (κ3) is 2.63. The zero-order valence-electron chi connectivity index (χ0n) is 12.5. The Morgan fingerprint density at radius 2 is 2.00 bits per heavy atom. The molecular formula is C15H16N4O4. The standard InChI is InChI=1S/C15H16N4O4/c1-2-7-18-8-11-12(14(18)20)13(17-15(21)16-11)9-3-5-10(6-4-9)19(22)23/h3-6,13H,2,7-8H2,1H3,(H2,16,17,21)/t13-/m0/s1. The van der Waals surface area contributed by atoms with Crippen LogP contribution in [0, 0.1) is 10.1 Å². The van der Waals surface area contributed by atoms with Gasteiger partial charge in [0, 0.05) is 18.7 Å². The first-order valence-corrected chi connectivity index (χ1v) is 7.35. The summed E-state index contributed by atoms with van der Waals surface area (Å²) in [7, 11) is 0. The third-order valence-corrected chi connectivity index (χ3v) is 3.95. The van der Waals surface area contributed by atoms with Crippen molar-refractivity contribution in [1.82, 2.24) is 15.5 Å². The van der Waals surface area contributed by atoms with Gasteiger partial charge in [0.05, 0.1) is 28.8 Å². The molecule has 0 saturated carbocycles. The van der Waals surface area contributed by atoms with Crippen molar-refractivity contribution in [2.24, 2.45) is 0 Å². The molecule has 8 heteroatoms. The van der Waals surface area contributed by atoms with Crippen molar-refractivity contribution >= 4 is 17.6 Å². The number of nitro groups is 1. The molecule has 0 bridgehead atoms. The smallest absolute Gasteiger partial charge is 0.319 e. The zero-order valence-corrected chi connectivity index (χ0v) is 12.5. The van der Waals surface area contributed by atoms with Gasteiger partial charge >= 0.3 is 6.03 Å². The molecule has 0 saturated heterocycles. The predicted octanol–water partition coefficient (Wildman–Crippen LogP) is 1.45. The Balaban J connectivity index is 1.94. The molecule has 1 aromatic carbocycles. The molecule has 0 radical (unpaired) electrons. The number of benzene rings is 1. The van der Waals surface area contributed by atoms with Crippen molar-refractivity contribution in [2.45, 2.75) is 19.4 Å². The van der Waals surface area contributed by atoms with E-state index in [2.05, 4.69) is 10.6 Å². The topological polar surface area (TPSA) is 105 Å². The summed E-state index contributed by atoms with van der Waals surface area (Å²) in [5.74, 6) is -0.113. The molecule has 8 nitrogen and oxygen atoms in total. The molecular weight excluding hydrogens is 300 g/mol. The lowest BCUT2D eigenvalue weighted by molar-refractivity contribution is -0.384. The molecule has 0 aliphatic carbocycles. The summed E-state index contributed by atoms with van der Waals surface area (Å²) in [5, 5.41) is 16.2. The summed E-state index contributed by atoms with van der Waals surface area (Å²) in [5.41, 5.74) is 1.72. The fraction of sp³-hybridized carbons (Fsp3) is 0.333. The van der Waals surface area contributed by atoms with Gasteiger partial charge in [-0.25, -0.2) is 4.79 Å². The van der Waals surface area contributed by atoms with Crippen LogP contribution in [0.25, 0.3) is 0 Å².